The number of benzene rings is 1. The van der Waals surface area contributed by atoms with Crippen molar-refractivity contribution in [1.29, 1.82) is 0 Å². The number of carboxylic acids is 2. The standard InChI is InChI=1S/C9H12O3.2C2H4O2/c1-2-12-8-6-4-3-5-7(8)9(10)11;2*1-2(3)4/h3-6,9-11H,2H2,1H3;2*1H3,(H,3,4). The van der Waals surface area contributed by atoms with E-state index in [0.717, 1.165) is 13.8 Å². The summed E-state index contributed by atoms with van der Waals surface area (Å²) < 4.78 is 5.18. The van der Waals surface area contributed by atoms with Crippen LogP contribution in [0.2, 0.25) is 0 Å². The lowest BCUT2D eigenvalue weighted by molar-refractivity contribution is -0.135. The van der Waals surface area contributed by atoms with Crippen molar-refractivity contribution in [3.63, 3.8) is 0 Å². The first kappa shape index (κ1) is 20.2. The fraction of sp³-hybridized carbons (Fsp3) is 0.385. The maximum absolute atomic E-state index is 9.00. The summed E-state index contributed by atoms with van der Waals surface area (Å²) in [6.45, 7) is 4.53. The Hall–Kier alpha value is -2.12. The fourth-order valence-electron chi connectivity index (χ4n) is 0.981. The van der Waals surface area contributed by atoms with Gasteiger partial charge in [-0.3, -0.25) is 9.59 Å². The second-order valence-corrected chi connectivity index (χ2v) is 3.38. The van der Waals surface area contributed by atoms with Crippen LogP contribution in [0.5, 0.6) is 5.75 Å². The van der Waals surface area contributed by atoms with Gasteiger partial charge in [-0.2, -0.15) is 0 Å². The highest BCUT2D eigenvalue weighted by Crippen LogP contribution is 2.22. The Balaban J connectivity index is 0. The number of rotatable bonds is 3. The van der Waals surface area contributed by atoms with E-state index < -0.39 is 18.2 Å². The Bertz CT molecular complexity index is 381. The molecule has 0 bridgehead atoms. The predicted molar refractivity (Wildman–Crippen MR) is 71.4 cm³/mol. The molecule has 0 radical (unpaired) electrons. The van der Waals surface area contributed by atoms with Gasteiger partial charge in [0.2, 0.25) is 0 Å². The largest absolute Gasteiger partial charge is 0.493 e. The number of carboxylic acid groups (broad SMARTS) is 2. The van der Waals surface area contributed by atoms with Crippen LogP contribution in [-0.2, 0) is 9.59 Å². The molecule has 0 aliphatic heterocycles. The van der Waals surface area contributed by atoms with Gasteiger partial charge in [0.15, 0.2) is 6.29 Å². The Kier molecular flexibility index (Phi) is 12.1. The van der Waals surface area contributed by atoms with E-state index >= 15 is 0 Å². The molecule has 7 heteroatoms. The van der Waals surface area contributed by atoms with E-state index in [4.69, 9.17) is 34.8 Å². The number of para-hydroxylation sites is 1. The summed E-state index contributed by atoms with van der Waals surface area (Å²) in [4.78, 5) is 18.0. The van der Waals surface area contributed by atoms with Gasteiger partial charge in [0, 0.05) is 19.4 Å². The molecule has 0 unspecified atom stereocenters. The summed E-state index contributed by atoms with van der Waals surface area (Å²) in [6.07, 6.45) is -1.47. The van der Waals surface area contributed by atoms with Crippen molar-refractivity contribution in [2.75, 3.05) is 6.61 Å². The molecule has 20 heavy (non-hydrogen) atoms. The third-order valence-corrected chi connectivity index (χ3v) is 1.50. The van der Waals surface area contributed by atoms with Crippen LogP contribution in [0.25, 0.3) is 0 Å². The van der Waals surface area contributed by atoms with Crippen LogP contribution < -0.4 is 4.74 Å². The minimum Gasteiger partial charge on any atom is -0.493 e. The van der Waals surface area contributed by atoms with Crippen molar-refractivity contribution in [3.05, 3.63) is 29.8 Å². The van der Waals surface area contributed by atoms with Crippen molar-refractivity contribution in [2.45, 2.75) is 27.1 Å². The van der Waals surface area contributed by atoms with Crippen LogP contribution in [0.4, 0.5) is 0 Å². The minimum absolute atomic E-state index is 0.402. The van der Waals surface area contributed by atoms with Gasteiger partial charge >= 0.3 is 0 Å². The first-order valence-electron chi connectivity index (χ1n) is 5.69. The van der Waals surface area contributed by atoms with Gasteiger partial charge < -0.3 is 25.2 Å². The number of hydrogen-bond donors (Lipinski definition) is 4. The monoisotopic (exact) mass is 288 g/mol. The predicted octanol–water partition coefficient (Wildman–Crippen LogP) is 1.25. The summed E-state index contributed by atoms with van der Waals surface area (Å²) in [5, 5.41) is 32.6. The molecule has 0 fully saturated rings. The highest BCUT2D eigenvalue weighted by molar-refractivity contribution is 5.63. The SMILES string of the molecule is CC(=O)O.CC(=O)O.CCOc1ccccc1C(O)O. The van der Waals surface area contributed by atoms with Crippen LogP contribution in [0.1, 0.15) is 32.6 Å². The van der Waals surface area contributed by atoms with Gasteiger partial charge in [-0.15, -0.1) is 0 Å². The molecule has 0 aliphatic carbocycles. The minimum atomic E-state index is -1.47. The second kappa shape index (κ2) is 11.9. The summed E-state index contributed by atoms with van der Waals surface area (Å²) in [5.74, 6) is -1.14. The maximum Gasteiger partial charge on any atom is 0.300 e. The number of hydrogen-bond acceptors (Lipinski definition) is 5. The average molecular weight is 288 g/mol. The van der Waals surface area contributed by atoms with Crippen LogP contribution in [0, 0.1) is 0 Å². The lowest BCUT2D eigenvalue weighted by Crippen LogP contribution is -2.00. The third kappa shape index (κ3) is 13.9. The second-order valence-electron chi connectivity index (χ2n) is 3.38. The summed E-state index contributed by atoms with van der Waals surface area (Å²) >= 11 is 0. The van der Waals surface area contributed by atoms with Crippen molar-refractivity contribution in [1.82, 2.24) is 0 Å². The summed E-state index contributed by atoms with van der Waals surface area (Å²) in [5.41, 5.74) is 0.402. The molecule has 114 valence electrons. The smallest absolute Gasteiger partial charge is 0.300 e. The highest BCUT2D eigenvalue weighted by Gasteiger charge is 2.08. The van der Waals surface area contributed by atoms with Gasteiger partial charge in [-0.05, 0) is 13.0 Å². The Morgan fingerprint density at radius 2 is 1.50 bits per heavy atom. The maximum atomic E-state index is 9.00. The molecule has 0 saturated heterocycles. The number of aliphatic hydroxyl groups excluding tert-OH is 1. The molecule has 0 amide bonds. The zero-order valence-electron chi connectivity index (χ0n) is 11.6. The quantitative estimate of drug-likeness (QED) is 0.617. The van der Waals surface area contributed by atoms with E-state index in [2.05, 4.69) is 0 Å². The van der Waals surface area contributed by atoms with Gasteiger partial charge in [0.1, 0.15) is 5.75 Å². The fourth-order valence-corrected chi connectivity index (χ4v) is 0.981. The normalized spacial score (nSPS) is 8.70. The van der Waals surface area contributed by atoms with E-state index in [-0.39, 0.29) is 0 Å². The average Bonchev–Trinajstić information content (AvgIpc) is 2.28. The number of aliphatic hydroxyl groups is 2. The third-order valence-electron chi connectivity index (χ3n) is 1.50. The van der Waals surface area contributed by atoms with E-state index in [0.29, 0.717) is 17.9 Å². The molecular formula is C13H20O7. The first-order chi connectivity index (χ1) is 9.22. The lowest BCUT2D eigenvalue weighted by atomic mass is 10.2. The Morgan fingerprint density at radius 3 is 1.85 bits per heavy atom. The van der Waals surface area contributed by atoms with E-state index in [9.17, 15) is 0 Å². The number of ether oxygens (including phenoxy) is 1. The molecular weight excluding hydrogens is 268 g/mol. The number of aliphatic carboxylic acids is 2. The van der Waals surface area contributed by atoms with Gasteiger partial charge in [-0.1, -0.05) is 18.2 Å². The van der Waals surface area contributed by atoms with Crippen LogP contribution >= 0.6 is 0 Å². The topological polar surface area (TPSA) is 124 Å². The van der Waals surface area contributed by atoms with E-state index in [1.807, 2.05) is 6.92 Å². The lowest BCUT2D eigenvalue weighted by Gasteiger charge is -2.10. The van der Waals surface area contributed by atoms with Gasteiger partial charge in [0.25, 0.3) is 11.9 Å². The summed E-state index contributed by atoms with van der Waals surface area (Å²) in [6, 6.07) is 6.85. The first-order valence-corrected chi connectivity index (χ1v) is 5.69. The van der Waals surface area contributed by atoms with Crippen LogP contribution in [0.15, 0.2) is 24.3 Å². The Labute approximate surface area is 117 Å². The van der Waals surface area contributed by atoms with E-state index in [1.165, 1.54) is 0 Å². The van der Waals surface area contributed by atoms with E-state index in [1.54, 1.807) is 24.3 Å². The van der Waals surface area contributed by atoms with Gasteiger partial charge in [0.05, 0.1) is 6.61 Å². The molecule has 7 nitrogen and oxygen atoms in total. The molecule has 1 aromatic carbocycles. The van der Waals surface area contributed by atoms with Gasteiger partial charge in [-0.25, -0.2) is 0 Å². The van der Waals surface area contributed by atoms with Crippen LogP contribution in [0.3, 0.4) is 0 Å². The van der Waals surface area contributed by atoms with Crippen molar-refractivity contribution in [2.24, 2.45) is 0 Å². The zero-order chi connectivity index (χ0) is 16.1. The van der Waals surface area contributed by atoms with Crippen molar-refractivity contribution < 1.29 is 34.8 Å². The van der Waals surface area contributed by atoms with Crippen molar-refractivity contribution in [3.8, 4) is 5.75 Å². The molecule has 0 aromatic heterocycles. The van der Waals surface area contributed by atoms with Crippen molar-refractivity contribution >= 4 is 11.9 Å². The number of carbonyl (C=O) groups is 2. The molecule has 0 heterocycles. The molecule has 1 aromatic rings. The molecule has 0 saturated carbocycles. The van der Waals surface area contributed by atoms with Crippen LogP contribution in [-0.4, -0.2) is 39.0 Å². The molecule has 1 rings (SSSR count). The molecule has 0 spiro atoms. The highest BCUT2D eigenvalue weighted by atomic mass is 16.5. The Morgan fingerprint density at radius 1 is 1.10 bits per heavy atom. The molecule has 4 N–H and O–H groups in total. The summed E-state index contributed by atoms with van der Waals surface area (Å²) in [7, 11) is 0. The zero-order valence-corrected chi connectivity index (χ0v) is 11.6. The molecule has 0 atom stereocenters. The molecule has 0 aliphatic rings.